The molecular weight excluding hydrogens is 314 g/mol. The molecule has 1 saturated heterocycles. The van der Waals surface area contributed by atoms with Gasteiger partial charge in [0.2, 0.25) is 5.91 Å². The first-order valence-electron chi connectivity index (χ1n) is 9.45. The Morgan fingerprint density at radius 3 is 2.64 bits per heavy atom. The number of hydrogen-bond donors (Lipinski definition) is 2. The smallest absolute Gasteiger partial charge is 0.234 e. The van der Waals surface area contributed by atoms with Crippen molar-refractivity contribution in [2.24, 2.45) is 0 Å². The van der Waals surface area contributed by atoms with Gasteiger partial charge in [0.15, 0.2) is 0 Å². The maximum atomic E-state index is 12.4. The van der Waals surface area contributed by atoms with E-state index in [-0.39, 0.29) is 17.4 Å². The Hall–Kier alpha value is -1.43. The van der Waals surface area contributed by atoms with Gasteiger partial charge in [-0.25, -0.2) is 0 Å². The van der Waals surface area contributed by atoms with E-state index in [1.165, 1.54) is 5.56 Å². The fourth-order valence-electron chi connectivity index (χ4n) is 3.86. The van der Waals surface area contributed by atoms with Gasteiger partial charge < -0.3 is 10.4 Å². The average molecular weight is 345 g/mol. The SMILES string of the molecule is C[C@@H]1CN(CC(=O)NCC2(c3ccccc3)CC2)CCN1C[C@@H](C)O. The number of nitrogens with zero attached hydrogens (tertiary/aromatic N) is 2. The molecule has 2 aliphatic rings. The Labute approximate surface area is 151 Å². The molecule has 138 valence electrons. The summed E-state index contributed by atoms with van der Waals surface area (Å²) < 4.78 is 0. The van der Waals surface area contributed by atoms with Crippen LogP contribution in [0.3, 0.4) is 0 Å². The van der Waals surface area contributed by atoms with Gasteiger partial charge in [0, 0.05) is 44.2 Å². The van der Waals surface area contributed by atoms with E-state index in [0.717, 1.165) is 39.0 Å². The maximum Gasteiger partial charge on any atom is 0.234 e. The van der Waals surface area contributed by atoms with Crippen molar-refractivity contribution in [3.63, 3.8) is 0 Å². The molecule has 5 heteroatoms. The van der Waals surface area contributed by atoms with E-state index in [4.69, 9.17) is 0 Å². The second kappa shape index (κ2) is 7.85. The molecule has 0 unspecified atom stereocenters. The van der Waals surface area contributed by atoms with Crippen LogP contribution in [0, 0.1) is 0 Å². The third-order valence-electron chi connectivity index (χ3n) is 5.58. The standard InChI is InChI=1S/C20H31N3O2/c1-16-12-22(10-11-23(16)13-17(2)24)14-19(25)21-15-20(8-9-20)18-6-4-3-5-7-18/h3-7,16-17,24H,8-15H2,1-2H3,(H,21,25)/t16-,17-/m1/s1. The first-order chi connectivity index (χ1) is 12.0. The largest absolute Gasteiger partial charge is 0.392 e. The fourth-order valence-corrected chi connectivity index (χ4v) is 3.86. The lowest BCUT2D eigenvalue weighted by atomic mass is 9.96. The molecule has 0 spiro atoms. The number of hydrogen-bond acceptors (Lipinski definition) is 4. The average Bonchev–Trinajstić information content (AvgIpc) is 3.37. The lowest BCUT2D eigenvalue weighted by Gasteiger charge is -2.40. The van der Waals surface area contributed by atoms with E-state index in [1.807, 2.05) is 13.0 Å². The van der Waals surface area contributed by atoms with Crippen LogP contribution in [0.1, 0.15) is 32.3 Å². The zero-order chi connectivity index (χ0) is 17.9. The minimum Gasteiger partial charge on any atom is -0.392 e. The topological polar surface area (TPSA) is 55.8 Å². The van der Waals surface area contributed by atoms with Gasteiger partial charge in [0.05, 0.1) is 12.6 Å². The monoisotopic (exact) mass is 345 g/mol. The van der Waals surface area contributed by atoms with Crippen LogP contribution in [0.5, 0.6) is 0 Å². The quantitative estimate of drug-likeness (QED) is 0.780. The van der Waals surface area contributed by atoms with Crippen LogP contribution in [0.4, 0.5) is 0 Å². The van der Waals surface area contributed by atoms with Crippen molar-refractivity contribution < 1.29 is 9.90 Å². The number of carbonyl (C=O) groups excluding carboxylic acids is 1. The molecule has 1 amide bonds. The highest BCUT2D eigenvalue weighted by atomic mass is 16.3. The third kappa shape index (κ3) is 4.81. The molecule has 1 saturated carbocycles. The number of aliphatic hydroxyl groups is 1. The van der Waals surface area contributed by atoms with Gasteiger partial charge in [-0.1, -0.05) is 30.3 Å². The normalized spacial score (nSPS) is 24.7. The van der Waals surface area contributed by atoms with Crippen molar-refractivity contribution in [3.05, 3.63) is 35.9 Å². The summed E-state index contributed by atoms with van der Waals surface area (Å²) >= 11 is 0. The van der Waals surface area contributed by atoms with E-state index in [2.05, 4.69) is 46.3 Å². The molecule has 1 heterocycles. The van der Waals surface area contributed by atoms with Crippen molar-refractivity contribution in [1.29, 1.82) is 0 Å². The van der Waals surface area contributed by atoms with Gasteiger partial charge in [-0.3, -0.25) is 14.6 Å². The Morgan fingerprint density at radius 1 is 1.32 bits per heavy atom. The van der Waals surface area contributed by atoms with E-state index < -0.39 is 0 Å². The Balaban J connectivity index is 1.43. The first kappa shape index (κ1) is 18.4. The summed E-state index contributed by atoms with van der Waals surface area (Å²) in [4.78, 5) is 16.9. The molecule has 1 aromatic rings. The number of carbonyl (C=O) groups is 1. The van der Waals surface area contributed by atoms with Crippen molar-refractivity contribution in [3.8, 4) is 0 Å². The number of nitrogens with one attached hydrogen (secondary N) is 1. The Bertz CT molecular complexity index is 572. The predicted octanol–water partition coefficient (Wildman–Crippen LogP) is 1.22. The number of amides is 1. The zero-order valence-corrected chi connectivity index (χ0v) is 15.4. The zero-order valence-electron chi connectivity index (χ0n) is 15.4. The van der Waals surface area contributed by atoms with Crippen LogP contribution in [0.15, 0.2) is 30.3 Å². The van der Waals surface area contributed by atoms with Crippen molar-refractivity contribution in [1.82, 2.24) is 15.1 Å². The van der Waals surface area contributed by atoms with Crippen LogP contribution >= 0.6 is 0 Å². The van der Waals surface area contributed by atoms with Crippen LogP contribution in [-0.2, 0) is 10.2 Å². The van der Waals surface area contributed by atoms with E-state index in [9.17, 15) is 9.90 Å². The molecule has 0 bridgehead atoms. The maximum absolute atomic E-state index is 12.4. The van der Waals surface area contributed by atoms with Gasteiger partial charge in [-0.2, -0.15) is 0 Å². The summed E-state index contributed by atoms with van der Waals surface area (Å²) in [6.45, 7) is 8.59. The molecule has 1 aliphatic heterocycles. The molecular formula is C20H31N3O2. The van der Waals surface area contributed by atoms with Crippen LogP contribution in [0.25, 0.3) is 0 Å². The molecule has 1 aromatic carbocycles. The predicted molar refractivity (Wildman–Crippen MR) is 99.5 cm³/mol. The second-order valence-corrected chi connectivity index (χ2v) is 7.85. The Kier molecular flexibility index (Phi) is 5.77. The molecule has 0 aromatic heterocycles. The number of piperazine rings is 1. The number of aliphatic hydroxyl groups excluding tert-OH is 1. The van der Waals surface area contributed by atoms with E-state index in [1.54, 1.807) is 0 Å². The van der Waals surface area contributed by atoms with Crippen molar-refractivity contribution in [2.45, 2.75) is 44.2 Å². The van der Waals surface area contributed by atoms with E-state index in [0.29, 0.717) is 19.1 Å². The lowest BCUT2D eigenvalue weighted by molar-refractivity contribution is -0.123. The molecule has 2 fully saturated rings. The van der Waals surface area contributed by atoms with Crippen LogP contribution in [-0.4, -0.2) is 72.2 Å². The fraction of sp³-hybridized carbons (Fsp3) is 0.650. The van der Waals surface area contributed by atoms with Gasteiger partial charge in [-0.05, 0) is 32.3 Å². The van der Waals surface area contributed by atoms with Gasteiger partial charge >= 0.3 is 0 Å². The van der Waals surface area contributed by atoms with E-state index >= 15 is 0 Å². The van der Waals surface area contributed by atoms with Crippen molar-refractivity contribution >= 4 is 5.91 Å². The molecule has 2 N–H and O–H groups in total. The summed E-state index contributed by atoms with van der Waals surface area (Å²) in [6, 6.07) is 10.9. The highest BCUT2D eigenvalue weighted by molar-refractivity contribution is 5.78. The van der Waals surface area contributed by atoms with Gasteiger partial charge in [-0.15, -0.1) is 0 Å². The van der Waals surface area contributed by atoms with Gasteiger partial charge in [0.1, 0.15) is 0 Å². The first-order valence-corrected chi connectivity index (χ1v) is 9.45. The van der Waals surface area contributed by atoms with Crippen molar-refractivity contribution in [2.75, 3.05) is 39.3 Å². The highest BCUT2D eigenvalue weighted by Crippen LogP contribution is 2.47. The van der Waals surface area contributed by atoms with Gasteiger partial charge in [0.25, 0.3) is 0 Å². The van der Waals surface area contributed by atoms with Crippen LogP contribution in [0.2, 0.25) is 0 Å². The molecule has 0 radical (unpaired) electrons. The van der Waals surface area contributed by atoms with Crippen LogP contribution < -0.4 is 5.32 Å². The third-order valence-corrected chi connectivity index (χ3v) is 5.58. The second-order valence-electron chi connectivity index (χ2n) is 7.85. The Morgan fingerprint density at radius 2 is 2.04 bits per heavy atom. The molecule has 5 nitrogen and oxygen atoms in total. The highest BCUT2D eigenvalue weighted by Gasteiger charge is 2.44. The molecule has 2 atom stereocenters. The summed E-state index contributed by atoms with van der Waals surface area (Å²) in [5.74, 6) is 0.124. The molecule has 1 aliphatic carbocycles. The lowest BCUT2D eigenvalue weighted by Crippen LogP contribution is -2.55. The summed E-state index contributed by atoms with van der Waals surface area (Å²) in [6.07, 6.45) is 2.02. The number of rotatable bonds is 7. The summed E-state index contributed by atoms with van der Waals surface area (Å²) in [7, 11) is 0. The minimum atomic E-state index is -0.301. The number of benzene rings is 1. The summed E-state index contributed by atoms with van der Waals surface area (Å²) in [5.41, 5.74) is 1.51. The summed E-state index contributed by atoms with van der Waals surface area (Å²) in [5, 5.41) is 12.7. The molecule has 3 rings (SSSR count). The minimum absolute atomic E-state index is 0.124. The number of β-amino-alcohol motifs (C(OH)–C–C–N with tert-alkyl or cyclic N) is 1. The molecule has 25 heavy (non-hydrogen) atoms.